The maximum absolute atomic E-state index is 13.6. The van der Waals surface area contributed by atoms with Crippen LogP contribution in [0.2, 0.25) is 0 Å². The maximum Gasteiger partial charge on any atom is 0.283 e. The lowest BCUT2D eigenvalue weighted by Crippen LogP contribution is -2.60. The predicted molar refractivity (Wildman–Crippen MR) is 519 cm³/mol. The van der Waals surface area contributed by atoms with E-state index < -0.39 is 12.2 Å². The molecule has 4 unspecified atom stereocenters. The molecule has 37 heteroatoms. The number of amides is 9. The van der Waals surface area contributed by atoms with Crippen LogP contribution in [0.3, 0.4) is 0 Å². The van der Waals surface area contributed by atoms with E-state index in [9.17, 15) is 53.4 Å². The van der Waals surface area contributed by atoms with Crippen molar-refractivity contribution in [1.29, 1.82) is 0 Å². The van der Waals surface area contributed by atoms with Gasteiger partial charge in [0.1, 0.15) is 46.0 Å². The minimum atomic E-state index is -0.516. The highest BCUT2D eigenvalue weighted by Gasteiger charge is 2.44. The highest BCUT2D eigenvalue weighted by Crippen LogP contribution is 2.42. The van der Waals surface area contributed by atoms with Gasteiger partial charge in [-0.1, -0.05) is 13.8 Å². The quantitative estimate of drug-likeness (QED) is 0.0257. The van der Waals surface area contributed by atoms with Crippen molar-refractivity contribution in [2.75, 3.05) is 73.6 Å². The Morgan fingerprint density at radius 1 is 0.406 bits per heavy atom. The van der Waals surface area contributed by atoms with E-state index in [1.165, 1.54) is 52.3 Å². The number of carbonyl (C=O) groups is 9. The summed E-state index contributed by atoms with van der Waals surface area (Å²) in [5.41, 5.74) is 8.41. The van der Waals surface area contributed by atoms with Crippen LogP contribution in [-0.2, 0) is 9.53 Å². The molecular weight excluding hydrogens is 1770 g/mol. The van der Waals surface area contributed by atoms with Crippen molar-refractivity contribution >= 4 is 122 Å². The third kappa shape index (κ3) is 22.8. The first-order chi connectivity index (χ1) is 63.5. The number of aliphatic hydroxyl groups excluding tert-OH is 2. The van der Waals surface area contributed by atoms with Crippen LogP contribution in [0.15, 0.2) is 49.1 Å². The molecule has 33 nitrogen and oxygen atoms in total. The zero-order chi connectivity index (χ0) is 95.2. The number of rotatable bonds is 25. The van der Waals surface area contributed by atoms with Crippen LogP contribution in [0.1, 0.15) is 290 Å². The molecule has 133 heavy (non-hydrogen) atoms. The number of anilines is 4. The van der Waals surface area contributed by atoms with Crippen molar-refractivity contribution in [3.8, 4) is 41.8 Å². The molecule has 8 aliphatic heterocycles. The molecule has 0 spiro atoms. The first-order valence-electron chi connectivity index (χ1n) is 47.2. The normalized spacial score (nSPS) is 22.2. The number of aromatic nitrogens is 8. The summed E-state index contributed by atoms with van der Waals surface area (Å²) in [5, 5.41) is 42.7. The molecule has 2 bridgehead atoms. The van der Waals surface area contributed by atoms with Crippen LogP contribution in [0.5, 0.6) is 0 Å². The second-order valence-electron chi connectivity index (χ2n) is 37.7. The van der Waals surface area contributed by atoms with Gasteiger partial charge in [0.25, 0.3) is 47.3 Å². The van der Waals surface area contributed by atoms with Crippen molar-refractivity contribution in [2.24, 2.45) is 0 Å². The van der Waals surface area contributed by atoms with Crippen LogP contribution < -0.4 is 37.2 Å². The average Bonchev–Trinajstić information content (AvgIpc) is 1.67. The molecule has 18 rings (SSSR count). The Hall–Kier alpha value is -10.6. The molecule has 8 saturated heterocycles. The summed E-state index contributed by atoms with van der Waals surface area (Å²) in [6, 6.07) is 9.00. The van der Waals surface area contributed by atoms with E-state index in [-0.39, 0.29) is 135 Å². The lowest BCUT2D eigenvalue weighted by molar-refractivity contribution is -0.171. The number of pyridine rings is 4. The van der Waals surface area contributed by atoms with Crippen LogP contribution in [-0.4, -0.2) is 276 Å². The summed E-state index contributed by atoms with van der Waals surface area (Å²) in [7, 11) is 0. The number of piperidine rings is 1. The number of morpholine rings is 1. The first kappa shape index (κ1) is 98.4. The number of likely N-dealkylation sites (tertiary alicyclic amines) is 5. The molecule has 0 radical (unpaired) electrons. The van der Waals surface area contributed by atoms with Gasteiger partial charge in [0.05, 0.1) is 62.0 Å². The Morgan fingerprint density at radius 2 is 0.699 bits per heavy atom. The van der Waals surface area contributed by atoms with Gasteiger partial charge in [0.2, 0.25) is 5.91 Å². The van der Waals surface area contributed by atoms with Crippen molar-refractivity contribution in [3.05, 3.63) is 114 Å². The molecule has 714 valence electrons. The van der Waals surface area contributed by atoms with Gasteiger partial charge in [0.15, 0.2) is 20.0 Å². The van der Waals surface area contributed by atoms with Crippen molar-refractivity contribution < 1.29 is 58.1 Å². The largest absolute Gasteiger partial charge is 0.391 e. The molecule has 2 saturated carbocycles. The number of fused-ring (bicyclic) bond motifs is 2. The Morgan fingerprint density at radius 3 is 0.955 bits per heavy atom. The van der Waals surface area contributed by atoms with Gasteiger partial charge in [-0.3, -0.25) is 43.2 Å². The van der Waals surface area contributed by atoms with E-state index in [4.69, 9.17) is 4.74 Å². The van der Waals surface area contributed by atoms with Gasteiger partial charge in [-0.05, 0) is 233 Å². The van der Waals surface area contributed by atoms with E-state index in [1.807, 2.05) is 125 Å². The molecule has 8 aromatic heterocycles. The third-order valence-corrected chi connectivity index (χ3v) is 30.8. The maximum atomic E-state index is 13.6. The minimum Gasteiger partial charge on any atom is -0.391 e. The standard InChI is InChI=1S/C25H34N6O3S.C25H33N5O3S.2C23H31N5O3S/c1-6-15(3)27-20-10-14(2)19(11-26-20)22-21(25(34)31-9-7-8-16(31)4)29-24(35-22)23(33)28-18-12-30(13-18)17(5)32;1-5-15(3)27-20-9-14(2)19(11-26-20)22-21(24(31)30-8-6-7-16(30)4)28-23(34-22)25(32)29-12-17-10-18(13-29)33-17;2*1-12(2)25-18-10-13(3)15(11-24-18)20-19(23(31)28-9-5-6-14(28)4)27-22(32-20)21(30)26-16-7-8-17(16)29/h10-11,15-16,18H,6-9,12-13H2,1-5H3,(H,26,27)(H,28,33);9,11,15-18H,5-8,10,12-13H2,1-4H3,(H,26,27);2*10-12,14,16-17,29H,5-9H2,1-4H3,(H,24,25)(H,26,30)/t15-,16+;15-,16+,17?,18?;14-,16?,17?;14-,16+,17+/m1100/s1. The molecule has 0 aromatic carbocycles. The van der Waals surface area contributed by atoms with E-state index in [2.05, 4.69) is 112 Å². The van der Waals surface area contributed by atoms with E-state index in [0.717, 1.165) is 163 Å². The summed E-state index contributed by atoms with van der Waals surface area (Å²) in [4.78, 5) is 167. The molecule has 9 amide bonds. The fraction of sp³-hybridized carbons (Fsp3) is 0.573. The molecular formula is C96H129N21O12S4. The van der Waals surface area contributed by atoms with Gasteiger partial charge in [-0.15, -0.1) is 45.3 Å². The van der Waals surface area contributed by atoms with Gasteiger partial charge < -0.3 is 81.6 Å². The van der Waals surface area contributed by atoms with Gasteiger partial charge >= 0.3 is 0 Å². The summed E-state index contributed by atoms with van der Waals surface area (Å²) >= 11 is 4.94. The number of nitrogens with zero attached hydrogens (tertiary/aromatic N) is 14. The third-order valence-electron chi connectivity index (χ3n) is 26.5. The fourth-order valence-electron chi connectivity index (χ4n) is 17.7. The Labute approximate surface area is 794 Å². The number of carbonyl (C=O) groups excluding carboxylic acids is 9. The lowest BCUT2D eigenvalue weighted by atomic mass is 9.89. The van der Waals surface area contributed by atoms with E-state index >= 15 is 0 Å². The number of aliphatic hydroxyl groups is 2. The van der Waals surface area contributed by atoms with Gasteiger partial charge in [-0.2, -0.15) is 0 Å². The summed E-state index contributed by atoms with van der Waals surface area (Å²) in [6.07, 6.45) is 19.9. The van der Waals surface area contributed by atoms with Crippen LogP contribution in [0.25, 0.3) is 41.8 Å². The van der Waals surface area contributed by atoms with Crippen LogP contribution in [0.4, 0.5) is 23.3 Å². The van der Waals surface area contributed by atoms with Gasteiger partial charge in [-0.25, -0.2) is 39.9 Å². The molecule has 10 aliphatic rings. The predicted octanol–water partition coefficient (Wildman–Crippen LogP) is 13.7. The Bertz CT molecular complexity index is 5430. The lowest BCUT2D eigenvalue weighted by Gasteiger charge is -2.46. The second kappa shape index (κ2) is 43.0. The number of ether oxygens (including phenoxy) is 1. The summed E-state index contributed by atoms with van der Waals surface area (Å²) < 4.78 is 5.68. The highest BCUT2D eigenvalue weighted by atomic mass is 32.1. The molecule has 8 aromatic rings. The first-order valence-corrected chi connectivity index (χ1v) is 50.5. The number of nitrogens with one attached hydrogen (secondary N) is 7. The molecule has 10 fully saturated rings. The van der Waals surface area contributed by atoms with Crippen LogP contribution >= 0.6 is 45.3 Å². The number of aryl methyl sites for hydroxylation is 4. The van der Waals surface area contributed by atoms with Crippen LogP contribution in [0, 0.1) is 27.7 Å². The fourth-order valence-corrected chi connectivity index (χ4v) is 21.9. The molecule has 2 aliphatic carbocycles. The minimum absolute atomic E-state index is 0.00566. The van der Waals surface area contributed by atoms with Crippen molar-refractivity contribution in [3.63, 3.8) is 0 Å². The highest BCUT2D eigenvalue weighted by molar-refractivity contribution is 7.18. The van der Waals surface area contributed by atoms with E-state index in [0.29, 0.717) is 113 Å². The van der Waals surface area contributed by atoms with Crippen molar-refractivity contribution in [2.45, 2.75) is 305 Å². The Kier molecular flexibility index (Phi) is 31.8. The Balaban J connectivity index is 0.000000143. The molecule has 12 atom stereocenters. The van der Waals surface area contributed by atoms with Crippen molar-refractivity contribution in [1.82, 2.24) is 85.2 Å². The SMILES string of the molecule is CC[C@@H](C)Nc1cc(C)c(-c2sc(C(=O)N3CC4CC(C3)O4)nc2C(=O)N2CCC[C@@H]2C)cn1.CC[C@@H](C)Nc1cc(C)c(-c2sc(C(=O)NC3CN(C(C)=O)C3)nc2C(=O)N2CCC[C@@H]2C)cn1.Cc1cc(NC(C)C)ncc1-c1sc(C(=O)NC2CCC2O)nc1C(=O)N1CCC[C@@H]1C.Cc1cc(NC(C)C)ncc1-c1sc(C(=O)N[C@@H]2CC[C@H]2O)nc1C(=O)N1CCC[C@@H]1C. The number of hydrogen-bond acceptors (Lipinski definition) is 28. The summed E-state index contributed by atoms with van der Waals surface area (Å²) in [5.74, 6) is 1.46. The smallest absolute Gasteiger partial charge is 0.283 e. The zero-order valence-corrected chi connectivity index (χ0v) is 82.7. The monoisotopic (exact) mass is 1900 g/mol. The zero-order valence-electron chi connectivity index (χ0n) is 79.4. The number of thiazole rings is 4. The van der Waals surface area contributed by atoms with E-state index in [1.54, 1.807) is 29.7 Å². The summed E-state index contributed by atoms with van der Waals surface area (Å²) in [6.45, 7) is 39.3. The van der Waals surface area contributed by atoms with Gasteiger partial charge in [0, 0.05) is 161 Å². The molecule has 16 heterocycles. The average molecular weight is 1900 g/mol. The topological polar surface area (TPSA) is 410 Å². The number of hydrogen-bond donors (Lipinski definition) is 9. The second-order valence-corrected chi connectivity index (χ2v) is 41.7. The molecule has 9 N–H and O–H groups in total.